The molecule has 1 aromatic rings. The molecule has 0 amide bonds. The summed E-state index contributed by atoms with van der Waals surface area (Å²) in [6, 6.07) is 2.82. The molecule has 14 heavy (non-hydrogen) atoms. The molecule has 0 aliphatic rings. The molecule has 2 nitrogen and oxygen atoms in total. The molecular weight excluding hydrogens is 277 g/mol. The molecule has 0 aromatic carbocycles. The Labute approximate surface area is 92.6 Å². The molecule has 0 spiro atoms. The molecule has 0 radical (unpaired) electrons. The second kappa shape index (κ2) is 4.67. The van der Waals surface area contributed by atoms with Crippen molar-refractivity contribution in [1.29, 1.82) is 5.26 Å². The minimum atomic E-state index is -2.68. The van der Waals surface area contributed by atoms with Gasteiger partial charge in [-0.15, -0.1) is 0 Å². The van der Waals surface area contributed by atoms with E-state index in [-0.39, 0.29) is 21.6 Å². The van der Waals surface area contributed by atoms with Crippen molar-refractivity contribution in [1.82, 2.24) is 4.98 Å². The maximum atomic E-state index is 12.3. The Bertz CT molecular complexity index is 390. The van der Waals surface area contributed by atoms with Gasteiger partial charge in [0.05, 0.1) is 16.3 Å². The zero-order valence-electron chi connectivity index (χ0n) is 6.77. The van der Waals surface area contributed by atoms with Gasteiger partial charge in [-0.3, -0.25) is 0 Å². The second-order valence-electron chi connectivity index (χ2n) is 2.40. The van der Waals surface area contributed by atoms with Gasteiger partial charge in [-0.05, 0) is 6.07 Å². The normalized spacial score (nSPS) is 10.3. The van der Waals surface area contributed by atoms with Gasteiger partial charge in [-0.2, -0.15) is 5.26 Å². The molecule has 0 saturated carbocycles. The summed E-state index contributed by atoms with van der Waals surface area (Å²) in [4.78, 5) is 3.62. The standard InChI is InChI=1S/C8H4BrClF2N2/c9-2-7-4(3-13)5(10)1-6(14-7)8(11)12/h1,8H,2H2. The molecule has 1 aromatic heterocycles. The average molecular weight is 281 g/mol. The third kappa shape index (κ3) is 2.20. The molecule has 0 aliphatic heterocycles. The molecule has 6 heteroatoms. The van der Waals surface area contributed by atoms with Gasteiger partial charge in [-0.25, -0.2) is 13.8 Å². The molecule has 0 bridgehead atoms. The van der Waals surface area contributed by atoms with Crippen LogP contribution >= 0.6 is 27.5 Å². The van der Waals surface area contributed by atoms with E-state index in [4.69, 9.17) is 16.9 Å². The highest BCUT2D eigenvalue weighted by molar-refractivity contribution is 9.08. The first kappa shape index (κ1) is 11.3. The molecule has 0 N–H and O–H groups in total. The summed E-state index contributed by atoms with van der Waals surface area (Å²) >= 11 is 8.69. The summed E-state index contributed by atoms with van der Waals surface area (Å²) < 4.78 is 24.6. The molecule has 1 rings (SSSR count). The summed E-state index contributed by atoms with van der Waals surface area (Å²) in [5.41, 5.74) is -0.0494. The van der Waals surface area contributed by atoms with E-state index in [0.717, 1.165) is 6.07 Å². The lowest BCUT2D eigenvalue weighted by atomic mass is 10.2. The van der Waals surface area contributed by atoms with Crippen molar-refractivity contribution in [2.75, 3.05) is 0 Å². The number of alkyl halides is 3. The highest BCUT2D eigenvalue weighted by Crippen LogP contribution is 2.25. The molecule has 0 unspecified atom stereocenters. The lowest BCUT2D eigenvalue weighted by molar-refractivity contribution is 0.146. The van der Waals surface area contributed by atoms with E-state index >= 15 is 0 Å². The molecule has 74 valence electrons. The van der Waals surface area contributed by atoms with Gasteiger partial charge in [-0.1, -0.05) is 27.5 Å². The summed E-state index contributed by atoms with van der Waals surface area (Å²) in [6.45, 7) is 0. The minimum absolute atomic E-state index is 0.00671. The Kier molecular flexibility index (Phi) is 3.78. The first-order valence-electron chi connectivity index (χ1n) is 3.53. The fraction of sp³-hybridized carbons (Fsp3) is 0.250. The zero-order chi connectivity index (χ0) is 10.7. The van der Waals surface area contributed by atoms with Crippen molar-refractivity contribution in [2.45, 2.75) is 11.8 Å². The molecule has 0 fully saturated rings. The third-order valence-corrected chi connectivity index (χ3v) is 2.36. The molecule has 0 saturated heterocycles. The number of nitrogens with zero attached hydrogens (tertiary/aromatic N) is 2. The maximum absolute atomic E-state index is 12.3. The largest absolute Gasteiger partial charge is 0.280 e. The van der Waals surface area contributed by atoms with Crippen molar-refractivity contribution >= 4 is 27.5 Å². The van der Waals surface area contributed by atoms with Crippen LogP contribution in [0, 0.1) is 11.3 Å². The minimum Gasteiger partial charge on any atom is -0.249 e. The van der Waals surface area contributed by atoms with Crippen molar-refractivity contribution < 1.29 is 8.78 Å². The van der Waals surface area contributed by atoms with Gasteiger partial charge < -0.3 is 0 Å². The van der Waals surface area contributed by atoms with Crippen LogP contribution in [0.5, 0.6) is 0 Å². The number of rotatable bonds is 2. The second-order valence-corrected chi connectivity index (χ2v) is 3.36. The lowest BCUT2D eigenvalue weighted by Crippen LogP contribution is -1.98. The van der Waals surface area contributed by atoms with Gasteiger partial charge in [0.1, 0.15) is 11.8 Å². The van der Waals surface area contributed by atoms with Crippen LogP contribution in [-0.2, 0) is 5.33 Å². The van der Waals surface area contributed by atoms with Gasteiger partial charge in [0.2, 0.25) is 0 Å². The number of aromatic nitrogens is 1. The van der Waals surface area contributed by atoms with Crippen molar-refractivity contribution in [2.24, 2.45) is 0 Å². The van der Waals surface area contributed by atoms with Crippen LogP contribution in [0.25, 0.3) is 0 Å². The van der Waals surface area contributed by atoms with Crippen molar-refractivity contribution in [3.63, 3.8) is 0 Å². The Hall–Kier alpha value is -0.730. The van der Waals surface area contributed by atoms with E-state index in [1.807, 2.05) is 6.07 Å². The zero-order valence-corrected chi connectivity index (χ0v) is 9.11. The van der Waals surface area contributed by atoms with Crippen LogP contribution in [0.3, 0.4) is 0 Å². The average Bonchev–Trinajstić information content (AvgIpc) is 2.16. The van der Waals surface area contributed by atoms with Crippen molar-refractivity contribution in [3.8, 4) is 6.07 Å². The van der Waals surface area contributed by atoms with Crippen LogP contribution in [0.4, 0.5) is 8.78 Å². The van der Waals surface area contributed by atoms with Crippen LogP contribution in [0.15, 0.2) is 6.07 Å². The van der Waals surface area contributed by atoms with Crippen LogP contribution in [-0.4, -0.2) is 4.98 Å². The SMILES string of the molecule is N#Cc1c(Cl)cc(C(F)F)nc1CBr. The number of nitriles is 1. The van der Waals surface area contributed by atoms with E-state index in [1.165, 1.54) is 0 Å². The number of hydrogen-bond donors (Lipinski definition) is 0. The monoisotopic (exact) mass is 280 g/mol. The third-order valence-electron chi connectivity index (χ3n) is 1.53. The summed E-state index contributed by atoms with van der Waals surface area (Å²) in [7, 11) is 0. The van der Waals surface area contributed by atoms with Crippen molar-refractivity contribution in [3.05, 3.63) is 28.0 Å². The van der Waals surface area contributed by atoms with E-state index < -0.39 is 12.1 Å². The van der Waals surface area contributed by atoms with E-state index in [9.17, 15) is 8.78 Å². The predicted molar refractivity (Wildman–Crippen MR) is 51.6 cm³/mol. The van der Waals surface area contributed by atoms with Crippen LogP contribution in [0.1, 0.15) is 23.4 Å². The molecule has 0 atom stereocenters. The first-order valence-corrected chi connectivity index (χ1v) is 5.03. The fourth-order valence-electron chi connectivity index (χ4n) is 0.910. The summed E-state index contributed by atoms with van der Waals surface area (Å²) in [6.07, 6.45) is -2.68. The van der Waals surface area contributed by atoms with Gasteiger partial charge in [0.15, 0.2) is 0 Å². The number of hydrogen-bond acceptors (Lipinski definition) is 2. The van der Waals surface area contributed by atoms with E-state index in [0.29, 0.717) is 0 Å². The van der Waals surface area contributed by atoms with E-state index in [1.54, 1.807) is 0 Å². The quantitative estimate of drug-likeness (QED) is 0.779. The Morgan fingerprint density at radius 1 is 1.64 bits per heavy atom. The topological polar surface area (TPSA) is 36.7 Å². The smallest absolute Gasteiger partial charge is 0.249 e. The van der Waals surface area contributed by atoms with Gasteiger partial charge in [0, 0.05) is 5.33 Å². The molecular formula is C8H4BrClF2N2. The first-order chi connectivity index (χ1) is 6.60. The Balaban J connectivity index is 3.33. The summed E-state index contributed by atoms with van der Waals surface area (Å²) in [5, 5.41) is 8.90. The Morgan fingerprint density at radius 3 is 2.71 bits per heavy atom. The van der Waals surface area contributed by atoms with Gasteiger partial charge >= 0.3 is 0 Å². The van der Waals surface area contributed by atoms with Crippen LogP contribution in [0.2, 0.25) is 5.02 Å². The lowest BCUT2D eigenvalue weighted by Gasteiger charge is -2.05. The maximum Gasteiger partial charge on any atom is 0.280 e. The highest BCUT2D eigenvalue weighted by atomic mass is 79.9. The number of pyridine rings is 1. The molecule has 0 aliphatic carbocycles. The Morgan fingerprint density at radius 2 is 2.29 bits per heavy atom. The predicted octanol–water partition coefficient (Wildman–Crippen LogP) is 3.44. The fourth-order valence-corrected chi connectivity index (χ4v) is 1.58. The van der Waals surface area contributed by atoms with Gasteiger partial charge in [0.25, 0.3) is 6.43 Å². The van der Waals surface area contributed by atoms with E-state index in [2.05, 4.69) is 20.9 Å². The summed E-state index contributed by atoms with van der Waals surface area (Å²) in [5.74, 6) is 0. The molecule has 1 heterocycles. The highest BCUT2D eigenvalue weighted by Gasteiger charge is 2.15. The van der Waals surface area contributed by atoms with Crippen LogP contribution < -0.4 is 0 Å². The number of halogens is 4.